The van der Waals surface area contributed by atoms with Crippen molar-refractivity contribution in [2.45, 2.75) is 6.54 Å². The Hall–Kier alpha value is -4.05. The van der Waals surface area contributed by atoms with Gasteiger partial charge in [-0.2, -0.15) is 16.9 Å². The third kappa shape index (κ3) is 5.77. The van der Waals surface area contributed by atoms with Crippen molar-refractivity contribution < 1.29 is 9.18 Å². The highest BCUT2D eigenvalue weighted by Crippen LogP contribution is 2.27. The van der Waals surface area contributed by atoms with Crippen molar-refractivity contribution in [2.24, 2.45) is 5.10 Å². The SMILES string of the molecule is O=C(N/N=C/c1cn(Cc2cc(-c3ccccc3)cnc2N2CCSCC2)nn1)c1ccc(F)cc1. The summed E-state index contributed by atoms with van der Waals surface area (Å²) in [4.78, 5) is 19.3. The van der Waals surface area contributed by atoms with Crippen LogP contribution in [0.5, 0.6) is 0 Å². The predicted molar refractivity (Wildman–Crippen MR) is 140 cm³/mol. The average Bonchev–Trinajstić information content (AvgIpc) is 3.37. The number of benzene rings is 2. The fraction of sp³-hybridized carbons (Fsp3) is 0.192. The van der Waals surface area contributed by atoms with Crippen LogP contribution in [0, 0.1) is 5.82 Å². The van der Waals surface area contributed by atoms with E-state index in [1.165, 1.54) is 30.5 Å². The number of thioether (sulfide) groups is 1. The minimum absolute atomic E-state index is 0.312. The number of nitrogens with zero attached hydrogens (tertiary/aromatic N) is 6. The number of hydrazone groups is 1. The molecule has 2 aromatic heterocycles. The summed E-state index contributed by atoms with van der Waals surface area (Å²) in [5, 5.41) is 12.3. The van der Waals surface area contributed by atoms with E-state index in [1.54, 1.807) is 10.9 Å². The van der Waals surface area contributed by atoms with Crippen LogP contribution in [0.3, 0.4) is 0 Å². The third-order valence-electron chi connectivity index (χ3n) is 5.72. The zero-order chi connectivity index (χ0) is 24.7. The number of carbonyl (C=O) groups is 1. The molecule has 0 bridgehead atoms. The second-order valence-corrected chi connectivity index (χ2v) is 9.44. The van der Waals surface area contributed by atoms with Crippen LogP contribution < -0.4 is 10.3 Å². The molecule has 5 rings (SSSR count). The molecule has 36 heavy (non-hydrogen) atoms. The Bertz CT molecular complexity index is 1350. The Balaban J connectivity index is 1.32. The monoisotopic (exact) mass is 501 g/mol. The summed E-state index contributed by atoms with van der Waals surface area (Å²) in [5.74, 6) is 2.28. The number of halogens is 1. The van der Waals surface area contributed by atoms with Crippen LogP contribution in [0.2, 0.25) is 0 Å². The highest BCUT2D eigenvalue weighted by molar-refractivity contribution is 7.99. The first kappa shape index (κ1) is 23.7. The number of nitrogens with one attached hydrogen (secondary N) is 1. The van der Waals surface area contributed by atoms with Crippen molar-refractivity contribution in [2.75, 3.05) is 29.5 Å². The van der Waals surface area contributed by atoms with Crippen molar-refractivity contribution >= 4 is 29.7 Å². The van der Waals surface area contributed by atoms with Crippen molar-refractivity contribution in [3.63, 3.8) is 0 Å². The van der Waals surface area contributed by atoms with Gasteiger partial charge in [0.2, 0.25) is 0 Å². The highest BCUT2D eigenvalue weighted by atomic mass is 32.2. The molecule has 2 aromatic carbocycles. The molecule has 1 fully saturated rings. The van der Waals surface area contributed by atoms with E-state index in [-0.39, 0.29) is 0 Å². The molecule has 0 atom stereocenters. The second kappa shape index (κ2) is 11.1. The van der Waals surface area contributed by atoms with Crippen LogP contribution in [0.1, 0.15) is 21.6 Å². The average molecular weight is 502 g/mol. The van der Waals surface area contributed by atoms with Crippen molar-refractivity contribution in [3.8, 4) is 11.1 Å². The lowest BCUT2D eigenvalue weighted by molar-refractivity contribution is 0.0955. The molecular weight excluding hydrogens is 477 g/mol. The standard InChI is InChI=1S/C26H24FN7OS/c27-23-8-6-20(7-9-23)26(35)31-29-16-24-18-34(32-30-24)17-22-14-21(19-4-2-1-3-5-19)15-28-25(22)33-10-12-36-13-11-33/h1-9,14-16,18H,10-13,17H2,(H,31,35)/b29-16+. The van der Waals surface area contributed by atoms with Gasteiger partial charge >= 0.3 is 0 Å². The van der Waals surface area contributed by atoms with E-state index in [1.807, 2.05) is 36.2 Å². The summed E-state index contributed by atoms with van der Waals surface area (Å²) < 4.78 is 14.8. The molecule has 3 heterocycles. The maximum Gasteiger partial charge on any atom is 0.271 e. The van der Waals surface area contributed by atoms with Gasteiger partial charge in [-0.3, -0.25) is 4.79 Å². The van der Waals surface area contributed by atoms with Crippen molar-refractivity contribution in [1.82, 2.24) is 25.4 Å². The number of hydrogen-bond donors (Lipinski definition) is 1. The summed E-state index contributed by atoms with van der Waals surface area (Å²) in [5.41, 5.74) is 6.44. The lowest BCUT2D eigenvalue weighted by Gasteiger charge is -2.29. The predicted octanol–water partition coefficient (Wildman–Crippen LogP) is 3.84. The molecule has 4 aromatic rings. The fourth-order valence-corrected chi connectivity index (χ4v) is 4.82. The molecule has 0 radical (unpaired) electrons. The Labute approximate surface area is 212 Å². The van der Waals surface area contributed by atoms with Gasteiger partial charge in [-0.25, -0.2) is 19.5 Å². The smallest absolute Gasteiger partial charge is 0.271 e. The van der Waals surface area contributed by atoms with Crippen LogP contribution in [0.25, 0.3) is 11.1 Å². The maximum absolute atomic E-state index is 13.0. The van der Waals surface area contributed by atoms with Gasteiger partial charge in [0.1, 0.15) is 17.3 Å². The zero-order valence-electron chi connectivity index (χ0n) is 19.4. The van der Waals surface area contributed by atoms with Gasteiger partial charge in [0.25, 0.3) is 5.91 Å². The van der Waals surface area contributed by atoms with Gasteiger partial charge < -0.3 is 4.90 Å². The Morgan fingerprint density at radius 2 is 1.86 bits per heavy atom. The number of aromatic nitrogens is 4. The van der Waals surface area contributed by atoms with E-state index in [9.17, 15) is 9.18 Å². The molecule has 8 nitrogen and oxygen atoms in total. The van der Waals surface area contributed by atoms with E-state index in [0.29, 0.717) is 17.8 Å². The summed E-state index contributed by atoms with van der Waals surface area (Å²) >= 11 is 1.96. The van der Waals surface area contributed by atoms with Gasteiger partial charge in [-0.1, -0.05) is 35.5 Å². The minimum Gasteiger partial charge on any atom is -0.355 e. The van der Waals surface area contributed by atoms with Gasteiger partial charge in [-0.05, 0) is 35.9 Å². The van der Waals surface area contributed by atoms with Gasteiger partial charge in [0, 0.05) is 47.5 Å². The van der Waals surface area contributed by atoms with Crippen LogP contribution in [0.15, 0.2) is 78.2 Å². The number of anilines is 1. The summed E-state index contributed by atoms with van der Waals surface area (Å²) in [7, 11) is 0. The first-order valence-electron chi connectivity index (χ1n) is 11.5. The summed E-state index contributed by atoms with van der Waals surface area (Å²) in [6.45, 7) is 2.41. The fourth-order valence-electron chi connectivity index (χ4n) is 3.92. The maximum atomic E-state index is 13.0. The molecule has 0 spiro atoms. The highest BCUT2D eigenvalue weighted by Gasteiger charge is 2.18. The number of carbonyl (C=O) groups excluding carboxylic acids is 1. The number of rotatable bonds is 7. The molecule has 1 N–H and O–H groups in total. The zero-order valence-corrected chi connectivity index (χ0v) is 20.2. The molecule has 1 aliphatic rings. The van der Waals surface area contributed by atoms with Crippen LogP contribution in [-0.2, 0) is 6.54 Å². The molecule has 10 heteroatoms. The molecule has 1 amide bonds. The topological polar surface area (TPSA) is 88.3 Å². The summed E-state index contributed by atoms with van der Waals surface area (Å²) in [6, 6.07) is 17.6. The largest absolute Gasteiger partial charge is 0.355 e. The number of amides is 1. The molecule has 1 saturated heterocycles. The molecule has 0 saturated carbocycles. The van der Waals surface area contributed by atoms with Crippen LogP contribution in [0.4, 0.5) is 10.2 Å². The normalized spacial score (nSPS) is 13.8. The van der Waals surface area contributed by atoms with Crippen molar-refractivity contribution in [1.29, 1.82) is 0 Å². The lowest BCUT2D eigenvalue weighted by Crippen LogP contribution is -2.34. The van der Waals surface area contributed by atoms with E-state index in [0.717, 1.165) is 47.1 Å². The van der Waals surface area contributed by atoms with E-state index < -0.39 is 11.7 Å². The first-order chi connectivity index (χ1) is 17.7. The van der Waals surface area contributed by atoms with E-state index in [4.69, 9.17) is 4.98 Å². The molecule has 182 valence electrons. The minimum atomic E-state index is -0.438. The quantitative estimate of drug-likeness (QED) is 0.306. The van der Waals surface area contributed by atoms with Crippen molar-refractivity contribution in [3.05, 3.63) is 95.7 Å². The third-order valence-corrected chi connectivity index (χ3v) is 6.66. The van der Waals surface area contributed by atoms with Gasteiger partial charge in [0.05, 0.1) is 19.0 Å². The van der Waals surface area contributed by atoms with Crippen LogP contribution in [-0.4, -0.2) is 56.7 Å². The van der Waals surface area contributed by atoms with E-state index in [2.05, 4.69) is 43.9 Å². The summed E-state index contributed by atoms with van der Waals surface area (Å²) in [6.07, 6.45) is 5.12. The van der Waals surface area contributed by atoms with Crippen LogP contribution >= 0.6 is 11.8 Å². The molecule has 0 aliphatic carbocycles. The number of hydrogen-bond acceptors (Lipinski definition) is 7. The Kier molecular flexibility index (Phi) is 7.32. The number of pyridine rings is 1. The van der Waals surface area contributed by atoms with Gasteiger partial charge in [-0.15, -0.1) is 5.10 Å². The molecule has 0 unspecified atom stereocenters. The lowest BCUT2D eigenvalue weighted by atomic mass is 10.1. The Morgan fingerprint density at radius 3 is 2.64 bits per heavy atom. The molecule has 1 aliphatic heterocycles. The second-order valence-electron chi connectivity index (χ2n) is 8.22. The Morgan fingerprint density at radius 1 is 1.08 bits per heavy atom. The van der Waals surface area contributed by atoms with Gasteiger partial charge in [0.15, 0.2) is 0 Å². The first-order valence-corrected chi connectivity index (χ1v) is 12.7. The van der Waals surface area contributed by atoms with E-state index >= 15 is 0 Å². The molecular formula is C26H24FN7OS.